The Balaban J connectivity index is 0.00000186. The summed E-state index contributed by atoms with van der Waals surface area (Å²) in [6.07, 6.45) is 6.12. The third-order valence-corrected chi connectivity index (χ3v) is 6.91. The number of anilines is 2. The predicted octanol–water partition coefficient (Wildman–Crippen LogP) is 6.06. The smallest absolute Gasteiger partial charge is 0.232 e. The average Bonchev–Trinajstić information content (AvgIpc) is 3.49. The van der Waals surface area contributed by atoms with Gasteiger partial charge in [0.25, 0.3) is 0 Å². The highest BCUT2D eigenvalue weighted by atomic mass is 16.2. The summed E-state index contributed by atoms with van der Waals surface area (Å²) in [5, 5.41) is 9.18. The molecule has 1 unspecified atom stereocenters. The number of nitriles is 1. The molecule has 0 aromatic heterocycles. The van der Waals surface area contributed by atoms with Gasteiger partial charge in [-0.15, -0.1) is 0 Å². The van der Waals surface area contributed by atoms with Gasteiger partial charge in [-0.3, -0.25) is 14.6 Å². The van der Waals surface area contributed by atoms with E-state index in [9.17, 15) is 14.9 Å². The Hall–Kier alpha value is -3.72. The van der Waals surface area contributed by atoms with Crippen LogP contribution in [0.3, 0.4) is 0 Å². The van der Waals surface area contributed by atoms with Crippen molar-refractivity contribution in [2.75, 3.05) is 29.4 Å². The number of nitrogens with zero attached hydrogens (tertiary/aromatic N) is 4. The molecule has 0 saturated carbocycles. The van der Waals surface area contributed by atoms with E-state index in [4.69, 9.17) is 0 Å². The summed E-state index contributed by atoms with van der Waals surface area (Å²) >= 11 is 0. The predicted molar refractivity (Wildman–Crippen MR) is 151 cm³/mol. The molecule has 1 fully saturated rings. The minimum Gasteiger partial charge on any atom is -0.312 e. The Labute approximate surface area is 221 Å². The van der Waals surface area contributed by atoms with Gasteiger partial charge in [-0.1, -0.05) is 45.0 Å². The summed E-state index contributed by atoms with van der Waals surface area (Å²) in [6, 6.07) is 15.5. The van der Waals surface area contributed by atoms with Crippen molar-refractivity contribution in [1.82, 2.24) is 0 Å². The second kappa shape index (κ2) is 13.0. The van der Waals surface area contributed by atoms with E-state index in [1.165, 1.54) is 16.7 Å². The normalized spacial score (nSPS) is 19.0. The number of allylic oxidation sites excluding steroid dienone is 2. The Morgan fingerprint density at radius 2 is 1.97 bits per heavy atom. The van der Waals surface area contributed by atoms with Crippen LogP contribution in [0.1, 0.15) is 70.1 Å². The summed E-state index contributed by atoms with van der Waals surface area (Å²) in [5.74, 6) is -0.214. The van der Waals surface area contributed by atoms with Crippen LogP contribution in [0.25, 0.3) is 0 Å². The first kappa shape index (κ1) is 27.9. The van der Waals surface area contributed by atoms with Crippen LogP contribution in [0.5, 0.6) is 0 Å². The highest BCUT2D eigenvalue weighted by Crippen LogP contribution is 2.39. The number of hydrogen-bond donors (Lipinski definition) is 0. The zero-order valence-electron chi connectivity index (χ0n) is 22.7. The van der Waals surface area contributed by atoms with E-state index >= 15 is 0 Å². The van der Waals surface area contributed by atoms with Crippen molar-refractivity contribution in [3.05, 3.63) is 70.8 Å². The number of aliphatic imine (C=N–C) groups is 1. The molecule has 6 heteroatoms. The van der Waals surface area contributed by atoms with E-state index in [0.717, 1.165) is 25.1 Å². The van der Waals surface area contributed by atoms with Crippen LogP contribution < -0.4 is 9.80 Å². The van der Waals surface area contributed by atoms with Gasteiger partial charge in [-0.05, 0) is 67.7 Å². The fourth-order valence-corrected chi connectivity index (χ4v) is 4.95. The fraction of sp³-hybridized carbons (Fsp3) is 0.419. The molecule has 2 atom stereocenters. The van der Waals surface area contributed by atoms with Gasteiger partial charge in [0.1, 0.15) is 0 Å². The van der Waals surface area contributed by atoms with E-state index in [1.807, 2.05) is 44.9 Å². The zero-order valence-corrected chi connectivity index (χ0v) is 22.7. The molecular formula is C31H38N4O2. The van der Waals surface area contributed by atoms with E-state index in [1.54, 1.807) is 23.1 Å². The van der Waals surface area contributed by atoms with Crippen molar-refractivity contribution >= 4 is 29.4 Å². The molecule has 0 bridgehead atoms. The minimum atomic E-state index is -0.388. The Morgan fingerprint density at radius 1 is 1.19 bits per heavy atom. The van der Waals surface area contributed by atoms with Crippen LogP contribution in [-0.4, -0.2) is 37.7 Å². The standard InChI is InChI=1S/C29H32N4O2.C2H6/c1-4-21(17-31-5-2)9-10-22-11-12-27-26(14-22)20(3)18-33(27)29(35)24-15-28(34)32(19-24)25-8-6-7-23(13-25)16-30;1-2/h4,6-8,11-14,17,20,24H,5,9-10,15,18-19H2,1-3H3;1-2H3/b21-4-,31-17?;/t20?,24-;/m0./s1. The number of carbonyl (C=O) groups excluding carboxylic acids is 2. The molecule has 0 spiro atoms. The summed E-state index contributed by atoms with van der Waals surface area (Å²) in [4.78, 5) is 34.1. The molecule has 37 heavy (non-hydrogen) atoms. The van der Waals surface area contributed by atoms with E-state index in [2.05, 4.69) is 42.3 Å². The SMILES string of the molecule is C/C=C(\C=NCC)CCc1ccc2c(c1)C(C)CN2C(=O)[C@H]1CC(=O)N(c2cccc(C#N)c2)C1.CC. The number of amides is 2. The monoisotopic (exact) mass is 498 g/mol. The van der Waals surface area contributed by atoms with Crippen LogP contribution in [0.4, 0.5) is 11.4 Å². The van der Waals surface area contributed by atoms with Crippen LogP contribution in [0.2, 0.25) is 0 Å². The minimum absolute atomic E-state index is 0.00242. The Morgan fingerprint density at radius 3 is 2.68 bits per heavy atom. The topological polar surface area (TPSA) is 76.8 Å². The number of aryl methyl sites for hydroxylation is 1. The lowest BCUT2D eigenvalue weighted by Gasteiger charge is -2.22. The fourth-order valence-electron chi connectivity index (χ4n) is 4.95. The molecule has 0 radical (unpaired) electrons. The molecule has 2 aromatic rings. The van der Waals surface area contributed by atoms with Crippen molar-refractivity contribution in [1.29, 1.82) is 5.26 Å². The van der Waals surface area contributed by atoms with Gasteiger partial charge in [0, 0.05) is 49.6 Å². The van der Waals surface area contributed by atoms with Gasteiger partial charge in [-0.2, -0.15) is 5.26 Å². The van der Waals surface area contributed by atoms with E-state index in [-0.39, 0.29) is 30.1 Å². The molecule has 0 aliphatic carbocycles. The van der Waals surface area contributed by atoms with Gasteiger partial charge in [0.2, 0.25) is 11.8 Å². The second-order valence-electron chi connectivity index (χ2n) is 9.30. The summed E-state index contributed by atoms with van der Waals surface area (Å²) < 4.78 is 0. The largest absolute Gasteiger partial charge is 0.312 e. The van der Waals surface area contributed by atoms with Gasteiger partial charge >= 0.3 is 0 Å². The van der Waals surface area contributed by atoms with Gasteiger partial charge in [0.15, 0.2) is 0 Å². The van der Waals surface area contributed by atoms with E-state index < -0.39 is 0 Å². The lowest BCUT2D eigenvalue weighted by Crippen LogP contribution is -2.36. The van der Waals surface area contributed by atoms with Crippen molar-refractivity contribution in [3.63, 3.8) is 0 Å². The van der Waals surface area contributed by atoms with Crippen LogP contribution in [-0.2, 0) is 16.0 Å². The first-order valence-corrected chi connectivity index (χ1v) is 13.3. The molecule has 1 saturated heterocycles. The lowest BCUT2D eigenvalue weighted by atomic mass is 9.98. The first-order valence-electron chi connectivity index (χ1n) is 13.3. The third-order valence-electron chi connectivity index (χ3n) is 6.91. The Bertz CT molecular complexity index is 1220. The quantitative estimate of drug-likeness (QED) is 0.436. The molecule has 2 heterocycles. The highest BCUT2D eigenvalue weighted by molar-refractivity contribution is 6.05. The lowest BCUT2D eigenvalue weighted by molar-refractivity contribution is -0.124. The number of benzene rings is 2. The van der Waals surface area contributed by atoms with Crippen molar-refractivity contribution < 1.29 is 9.59 Å². The van der Waals surface area contributed by atoms with Crippen LogP contribution in [0, 0.1) is 17.2 Å². The van der Waals surface area contributed by atoms with Crippen LogP contribution >= 0.6 is 0 Å². The number of fused-ring (bicyclic) bond motifs is 1. The maximum Gasteiger partial charge on any atom is 0.232 e. The molecule has 6 nitrogen and oxygen atoms in total. The molecule has 194 valence electrons. The molecule has 2 aliphatic rings. The molecule has 2 amide bonds. The molecular weight excluding hydrogens is 460 g/mol. The van der Waals surface area contributed by atoms with Crippen molar-refractivity contribution in [3.8, 4) is 6.07 Å². The number of hydrogen-bond acceptors (Lipinski definition) is 4. The second-order valence-corrected chi connectivity index (χ2v) is 9.30. The van der Waals surface area contributed by atoms with Gasteiger partial charge in [0.05, 0.1) is 17.6 Å². The average molecular weight is 499 g/mol. The highest BCUT2D eigenvalue weighted by Gasteiger charge is 2.40. The number of rotatable bonds is 7. The molecule has 0 N–H and O–H groups in total. The van der Waals surface area contributed by atoms with Crippen LogP contribution in [0.15, 0.2) is 59.1 Å². The van der Waals surface area contributed by atoms with E-state index in [0.29, 0.717) is 24.3 Å². The van der Waals surface area contributed by atoms with Crippen molar-refractivity contribution in [2.24, 2.45) is 10.9 Å². The summed E-state index contributed by atoms with van der Waals surface area (Å²) in [5.41, 5.74) is 5.82. The summed E-state index contributed by atoms with van der Waals surface area (Å²) in [7, 11) is 0. The summed E-state index contributed by atoms with van der Waals surface area (Å²) in [6.45, 7) is 12.0. The van der Waals surface area contributed by atoms with Gasteiger partial charge < -0.3 is 9.80 Å². The third kappa shape index (κ3) is 6.35. The Kier molecular flexibility index (Phi) is 9.79. The first-order chi connectivity index (χ1) is 17.9. The molecule has 2 aromatic carbocycles. The van der Waals surface area contributed by atoms with Crippen molar-refractivity contribution in [2.45, 2.75) is 59.8 Å². The zero-order chi connectivity index (χ0) is 26.9. The maximum absolute atomic E-state index is 13.5. The molecule has 4 rings (SSSR count). The number of carbonyl (C=O) groups is 2. The maximum atomic E-state index is 13.5. The van der Waals surface area contributed by atoms with Gasteiger partial charge in [-0.25, -0.2) is 0 Å². The molecule has 2 aliphatic heterocycles.